The second kappa shape index (κ2) is 4.94. The first kappa shape index (κ1) is 12.5. The lowest BCUT2D eigenvalue weighted by molar-refractivity contribution is 0.107. The Morgan fingerprint density at radius 1 is 1.47 bits per heavy atom. The second-order valence-corrected chi connectivity index (χ2v) is 11.3. The van der Waals surface area contributed by atoms with E-state index in [1.54, 1.807) is 24.6 Å². The van der Waals surface area contributed by atoms with Gasteiger partial charge in [-0.1, -0.05) is 12.1 Å². The molecule has 1 aromatic carbocycles. The van der Waals surface area contributed by atoms with Crippen LogP contribution in [0.2, 0.25) is 0 Å². The van der Waals surface area contributed by atoms with Crippen molar-refractivity contribution in [3.05, 3.63) is 29.8 Å². The molecule has 0 amide bonds. The average Bonchev–Trinajstić information content (AvgIpc) is 2.15. The highest BCUT2D eigenvalue weighted by Crippen LogP contribution is 2.35. The monoisotopic (exact) mass is 289 g/mol. The third-order valence-corrected chi connectivity index (χ3v) is 3.08. The van der Waals surface area contributed by atoms with Gasteiger partial charge >= 0.3 is 0 Å². The Bertz CT molecular complexity index is 412. The Morgan fingerprint density at radius 2 is 2.13 bits per heavy atom. The van der Waals surface area contributed by atoms with Crippen LogP contribution in [0.3, 0.4) is 0 Å². The number of ketones is 1. The van der Waals surface area contributed by atoms with E-state index in [1.807, 2.05) is 24.6 Å². The molecule has 0 aliphatic heterocycles. The van der Waals surface area contributed by atoms with Crippen molar-refractivity contribution in [1.82, 2.24) is 0 Å². The van der Waals surface area contributed by atoms with Crippen LogP contribution in [0.4, 0.5) is 0 Å². The third-order valence-electron chi connectivity index (χ3n) is 1.74. The quantitative estimate of drug-likeness (QED) is 0.632. The fraction of sp³-hybridized carbons (Fsp3) is 0.273. The largest absolute Gasteiger partial charge is 0.497 e. The van der Waals surface area contributed by atoms with Gasteiger partial charge in [0.15, 0.2) is 5.78 Å². The SMILES string of the molecule is COc1cccc(C(=O)C=[S](C)(C)Br)c1. The first-order chi connectivity index (χ1) is 6.92. The van der Waals surface area contributed by atoms with Gasteiger partial charge in [0.25, 0.3) is 0 Å². The fourth-order valence-electron chi connectivity index (χ4n) is 1.10. The van der Waals surface area contributed by atoms with Gasteiger partial charge in [-0.2, -0.15) is 8.05 Å². The molecule has 2 nitrogen and oxygen atoms in total. The summed E-state index contributed by atoms with van der Waals surface area (Å²) in [5.41, 5.74) is 0.661. The number of hydrogen-bond donors (Lipinski definition) is 0. The van der Waals surface area contributed by atoms with Gasteiger partial charge in [-0.25, -0.2) is 0 Å². The summed E-state index contributed by atoms with van der Waals surface area (Å²) >= 11 is 3.49. The standard InChI is InChI=1S/C11H14BrO2S/c1-14-10-6-4-5-9(7-10)11(13)8-15(2,3)12/h4-8H,1-3H3. The van der Waals surface area contributed by atoms with E-state index in [0.717, 1.165) is 0 Å². The van der Waals surface area contributed by atoms with Crippen molar-refractivity contribution in [2.45, 2.75) is 0 Å². The summed E-state index contributed by atoms with van der Waals surface area (Å²) < 4.78 is 5.06. The van der Waals surface area contributed by atoms with E-state index in [1.165, 1.54) is 0 Å². The van der Waals surface area contributed by atoms with Crippen molar-refractivity contribution in [3.8, 4) is 5.75 Å². The highest BCUT2D eigenvalue weighted by Gasteiger charge is 2.05. The minimum absolute atomic E-state index is 0.0331. The predicted molar refractivity (Wildman–Crippen MR) is 71.8 cm³/mol. The van der Waals surface area contributed by atoms with Crippen molar-refractivity contribution in [1.29, 1.82) is 0 Å². The van der Waals surface area contributed by atoms with Gasteiger partial charge < -0.3 is 4.74 Å². The zero-order chi connectivity index (χ0) is 11.5. The van der Waals surface area contributed by atoms with Gasteiger partial charge in [-0.05, 0) is 39.5 Å². The van der Waals surface area contributed by atoms with E-state index in [-0.39, 0.29) is 5.78 Å². The molecule has 0 spiro atoms. The van der Waals surface area contributed by atoms with Crippen LogP contribution in [0.1, 0.15) is 10.4 Å². The van der Waals surface area contributed by atoms with Crippen molar-refractivity contribution < 1.29 is 9.53 Å². The summed E-state index contributed by atoms with van der Waals surface area (Å²) in [4.78, 5) is 11.8. The molecule has 1 aromatic rings. The normalized spacial score (nSPS) is 10.9. The van der Waals surface area contributed by atoms with E-state index >= 15 is 0 Å². The fourth-order valence-corrected chi connectivity index (χ4v) is 2.25. The molecule has 0 saturated carbocycles. The number of benzene rings is 1. The number of methoxy groups -OCH3 is 1. The highest BCUT2D eigenvalue weighted by molar-refractivity contribution is 9.57. The maximum absolute atomic E-state index is 11.8. The Balaban J connectivity index is 3.02. The Labute approximate surface area is 98.7 Å². The minimum atomic E-state index is -1.09. The lowest BCUT2D eigenvalue weighted by Crippen LogP contribution is -2.02. The molecule has 4 heteroatoms. The number of carbonyl (C=O) groups excluding carboxylic acids is 1. The molecule has 83 valence electrons. The van der Waals surface area contributed by atoms with Crippen LogP contribution < -0.4 is 4.74 Å². The maximum Gasteiger partial charge on any atom is 0.191 e. The van der Waals surface area contributed by atoms with Gasteiger partial charge in [0.2, 0.25) is 0 Å². The Hall–Kier alpha value is -0.610. The zero-order valence-corrected chi connectivity index (χ0v) is 11.4. The number of Topliss-reactive ketones (excluding diaryl/α,β-unsaturated/α-hetero) is 1. The van der Waals surface area contributed by atoms with E-state index in [2.05, 4.69) is 14.8 Å². The number of rotatable bonds is 3. The van der Waals surface area contributed by atoms with E-state index in [9.17, 15) is 4.79 Å². The number of ether oxygens (including phenoxy) is 1. The molecule has 1 radical (unpaired) electrons. The summed E-state index contributed by atoms with van der Waals surface area (Å²) in [5, 5.41) is 1.72. The average molecular weight is 290 g/mol. The lowest BCUT2D eigenvalue weighted by atomic mass is 10.1. The number of hydrogen-bond acceptors (Lipinski definition) is 2. The molecule has 0 atom stereocenters. The van der Waals surface area contributed by atoms with E-state index < -0.39 is 8.05 Å². The molecule has 0 N–H and O–H groups in total. The topological polar surface area (TPSA) is 26.3 Å². The van der Waals surface area contributed by atoms with Crippen molar-refractivity contribution in [2.24, 2.45) is 0 Å². The molecule has 0 heterocycles. The number of halogens is 1. The molecule has 0 aliphatic carbocycles. The summed E-state index contributed by atoms with van der Waals surface area (Å²) in [7, 11) is 0.496. The van der Waals surface area contributed by atoms with Crippen LogP contribution in [-0.4, -0.2) is 30.8 Å². The molecule has 0 saturated heterocycles. The van der Waals surface area contributed by atoms with Crippen LogP contribution in [0, 0.1) is 0 Å². The first-order valence-electron chi connectivity index (χ1n) is 4.38. The summed E-state index contributed by atoms with van der Waals surface area (Å²) in [6.45, 7) is 0. The molecular weight excluding hydrogens is 276 g/mol. The second-order valence-electron chi connectivity index (χ2n) is 3.49. The number of carbonyl (C=O) groups is 1. The third kappa shape index (κ3) is 4.18. The molecule has 0 fully saturated rings. The van der Waals surface area contributed by atoms with Gasteiger partial charge in [0.05, 0.1) is 7.11 Å². The summed E-state index contributed by atoms with van der Waals surface area (Å²) in [6, 6.07) is 7.18. The van der Waals surface area contributed by atoms with Gasteiger partial charge in [0, 0.05) is 10.9 Å². The summed E-state index contributed by atoms with van der Waals surface area (Å²) in [5.74, 6) is 0.738. The molecule has 1 rings (SSSR count). The molecule has 0 aromatic heterocycles. The van der Waals surface area contributed by atoms with Crippen molar-refractivity contribution in [2.75, 3.05) is 19.6 Å². The molecule has 0 aliphatic rings. The Morgan fingerprint density at radius 3 is 2.67 bits per heavy atom. The van der Waals surface area contributed by atoms with Crippen molar-refractivity contribution in [3.63, 3.8) is 0 Å². The summed E-state index contributed by atoms with van der Waals surface area (Å²) in [6.07, 6.45) is 4.01. The van der Waals surface area contributed by atoms with Crippen LogP contribution in [-0.2, 0) is 0 Å². The van der Waals surface area contributed by atoms with E-state index in [4.69, 9.17) is 4.74 Å². The van der Waals surface area contributed by atoms with Crippen LogP contribution in [0.25, 0.3) is 0 Å². The molecular formula is C11H14BrO2S. The van der Waals surface area contributed by atoms with Crippen LogP contribution in [0.15, 0.2) is 24.3 Å². The smallest absolute Gasteiger partial charge is 0.191 e. The van der Waals surface area contributed by atoms with Crippen molar-refractivity contribution >= 4 is 34.0 Å². The first-order valence-corrected chi connectivity index (χ1v) is 8.74. The van der Waals surface area contributed by atoms with Crippen LogP contribution in [0.5, 0.6) is 5.75 Å². The lowest BCUT2D eigenvalue weighted by Gasteiger charge is -2.07. The van der Waals surface area contributed by atoms with Gasteiger partial charge in [-0.3, -0.25) is 4.79 Å². The van der Waals surface area contributed by atoms with Gasteiger partial charge in [-0.15, -0.1) is 0 Å². The molecule has 15 heavy (non-hydrogen) atoms. The Kier molecular flexibility index (Phi) is 4.11. The molecule has 0 unspecified atom stereocenters. The zero-order valence-electron chi connectivity index (χ0n) is 8.99. The van der Waals surface area contributed by atoms with Gasteiger partial charge in [0.1, 0.15) is 5.75 Å². The molecule has 0 bridgehead atoms. The minimum Gasteiger partial charge on any atom is -0.497 e. The maximum atomic E-state index is 11.8. The van der Waals surface area contributed by atoms with Crippen LogP contribution >= 0.6 is 22.9 Å². The van der Waals surface area contributed by atoms with E-state index in [0.29, 0.717) is 11.3 Å². The highest BCUT2D eigenvalue weighted by atomic mass is 79.9. The predicted octanol–water partition coefficient (Wildman–Crippen LogP) is 3.05.